The number of thiophene rings is 2. The highest BCUT2D eigenvalue weighted by molar-refractivity contribution is 7.21. The van der Waals surface area contributed by atoms with Gasteiger partial charge in [-0.15, -0.1) is 22.7 Å². The molecule has 6 N–H and O–H groups in total. The maximum absolute atomic E-state index is 11.5. The van der Waals surface area contributed by atoms with Crippen molar-refractivity contribution in [3.8, 4) is 16.5 Å². The summed E-state index contributed by atoms with van der Waals surface area (Å²) in [6.45, 7) is 0. The number of pyridine rings is 1. The van der Waals surface area contributed by atoms with E-state index >= 15 is 0 Å². The van der Waals surface area contributed by atoms with Gasteiger partial charge in [0.25, 0.3) is 5.91 Å². The number of amides is 1. The molecule has 3 rings (SSSR count). The molecule has 0 radical (unpaired) electrons. The van der Waals surface area contributed by atoms with E-state index in [-0.39, 0.29) is 21.9 Å². The number of rotatable bonds is 2. The molecular formula is C13H9N5OS2. The summed E-state index contributed by atoms with van der Waals surface area (Å²) in [6.07, 6.45) is 0. The van der Waals surface area contributed by atoms with Gasteiger partial charge in [0.2, 0.25) is 0 Å². The normalized spacial score (nSPS) is 10.6. The molecule has 0 spiro atoms. The number of aromatic nitrogens is 1. The summed E-state index contributed by atoms with van der Waals surface area (Å²) in [4.78, 5) is 17.2. The minimum atomic E-state index is -0.621. The summed E-state index contributed by atoms with van der Waals surface area (Å²) >= 11 is 2.54. The molecule has 1 amide bonds. The molecule has 3 heterocycles. The van der Waals surface area contributed by atoms with E-state index in [4.69, 9.17) is 17.2 Å². The largest absolute Gasteiger partial charge is 0.397 e. The molecule has 0 bridgehead atoms. The molecule has 0 unspecified atom stereocenters. The number of primary amides is 1. The highest BCUT2D eigenvalue weighted by Gasteiger charge is 2.23. The number of carbonyl (C=O) groups is 1. The summed E-state index contributed by atoms with van der Waals surface area (Å²) in [5.41, 5.74) is 18.3. The van der Waals surface area contributed by atoms with Crippen LogP contribution in [0.2, 0.25) is 0 Å². The molecule has 0 atom stereocenters. The van der Waals surface area contributed by atoms with Crippen molar-refractivity contribution < 1.29 is 4.79 Å². The van der Waals surface area contributed by atoms with E-state index < -0.39 is 5.91 Å². The Morgan fingerprint density at radius 1 is 1.38 bits per heavy atom. The first-order chi connectivity index (χ1) is 10.0. The number of anilines is 2. The van der Waals surface area contributed by atoms with E-state index in [2.05, 4.69) is 11.1 Å². The van der Waals surface area contributed by atoms with Crippen molar-refractivity contribution in [2.75, 3.05) is 11.5 Å². The van der Waals surface area contributed by atoms with E-state index in [1.54, 1.807) is 0 Å². The molecule has 8 heteroatoms. The van der Waals surface area contributed by atoms with Crippen molar-refractivity contribution in [1.29, 1.82) is 5.26 Å². The van der Waals surface area contributed by atoms with Gasteiger partial charge in [-0.05, 0) is 11.4 Å². The number of carbonyl (C=O) groups excluding carboxylic acids is 1. The van der Waals surface area contributed by atoms with Gasteiger partial charge >= 0.3 is 0 Å². The van der Waals surface area contributed by atoms with Gasteiger partial charge in [-0.3, -0.25) is 4.79 Å². The Bertz CT molecular complexity index is 905. The first-order valence-corrected chi connectivity index (χ1v) is 7.49. The maximum Gasteiger partial charge on any atom is 0.260 e. The van der Waals surface area contributed by atoms with E-state index in [1.807, 2.05) is 17.5 Å². The number of nitrogen functional groups attached to an aromatic ring is 2. The molecule has 0 fully saturated rings. The van der Waals surface area contributed by atoms with Crippen molar-refractivity contribution in [3.05, 3.63) is 28.0 Å². The van der Waals surface area contributed by atoms with Gasteiger partial charge in [0, 0.05) is 15.8 Å². The minimum Gasteiger partial charge on any atom is -0.397 e. The fourth-order valence-corrected chi connectivity index (χ4v) is 3.88. The minimum absolute atomic E-state index is 0.116. The van der Waals surface area contributed by atoms with Crippen molar-refractivity contribution >= 4 is 50.3 Å². The molecule has 104 valence electrons. The van der Waals surface area contributed by atoms with E-state index in [0.717, 1.165) is 16.2 Å². The molecule has 0 saturated heterocycles. The molecule has 21 heavy (non-hydrogen) atoms. The van der Waals surface area contributed by atoms with Crippen LogP contribution in [0.5, 0.6) is 0 Å². The predicted molar refractivity (Wildman–Crippen MR) is 85.0 cm³/mol. The van der Waals surface area contributed by atoms with Gasteiger partial charge in [0.15, 0.2) is 0 Å². The average molecular weight is 315 g/mol. The second kappa shape index (κ2) is 4.73. The summed E-state index contributed by atoms with van der Waals surface area (Å²) in [5, 5.41) is 11.8. The van der Waals surface area contributed by atoms with Crippen LogP contribution in [0.3, 0.4) is 0 Å². The summed E-state index contributed by atoms with van der Waals surface area (Å²) < 4.78 is 0. The Morgan fingerprint density at radius 3 is 2.71 bits per heavy atom. The Balaban J connectivity index is 2.52. The van der Waals surface area contributed by atoms with Gasteiger partial charge in [-0.25, -0.2) is 4.98 Å². The lowest BCUT2D eigenvalue weighted by molar-refractivity contribution is 0.100. The first kappa shape index (κ1) is 13.4. The zero-order chi connectivity index (χ0) is 15.1. The maximum atomic E-state index is 11.5. The van der Waals surface area contributed by atoms with Crippen LogP contribution in [0.25, 0.3) is 20.7 Å². The van der Waals surface area contributed by atoms with Crippen molar-refractivity contribution in [1.82, 2.24) is 4.98 Å². The fraction of sp³-hybridized carbons (Fsp3) is 0. The Labute approximate surface area is 127 Å². The predicted octanol–water partition coefficient (Wildman–Crippen LogP) is 2.16. The number of nitriles is 1. The molecule has 0 aliphatic rings. The summed E-state index contributed by atoms with van der Waals surface area (Å²) in [6, 6.07) is 5.79. The molecule has 3 aromatic rings. The molecule has 0 saturated carbocycles. The van der Waals surface area contributed by atoms with Gasteiger partial charge in [0.05, 0.1) is 5.69 Å². The standard InChI is InChI=1S/C13H9N5OS2/c14-4-5-7(6-2-1-3-20-6)8-9(15)10(12(17)19)21-13(8)18-11(5)16/h1-3H,15H2,(H2,16,18)(H2,17,19). The van der Waals surface area contributed by atoms with Crippen LogP contribution < -0.4 is 17.2 Å². The zero-order valence-corrected chi connectivity index (χ0v) is 12.2. The van der Waals surface area contributed by atoms with Crippen molar-refractivity contribution in [3.63, 3.8) is 0 Å². The lowest BCUT2D eigenvalue weighted by Gasteiger charge is -2.07. The molecular weight excluding hydrogens is 306 g/mol. The van der Waals surface area contributed by atoms with Crippen LogP contribution in [0, 0.1) is 11.3 Å². The third-order valence-corrected chi connectivity index (χ3v) is 5.01. The van der Waals surface area contributed by atoms with Crippen LogP contribution in [0.1, 0.15) is 15.2 Å². The fourth-order valence-electron chi connectivity index (χ4n) is 2.13. The molecule has 6 nitrogen and oxygen atoms in total. The number of hydrogen-bond donors (Lipinski definition) is 3. The second-order valence-electron chi connectivity index (χ2n) is 4.23. The van der Waals surface area contributed by atoms with E-state index in [0.29, 0.717) is 15.8 Å². The number of nitrogens with zero attached hydrogens (tertiary/aromatic N) is 2. The number of nitrogens with two attached hydrogens (primary N) is 3. The van der Waals surface area contributed by atoms with Crippen LogP contribution in [0.15, 0.2) is 17.5 Å². The number of hydrogen-bond acceptors (Lipinski definition) is 7. The van der Waals surface area contributed by atoms with Crippen molar-refractivity contribution in [2.24, 2.45) is 5.73 Å². The van der Waals surface area contributed by atoms with Gasteiger partial charge in [0.1, 0.15) is 27.2 Å². The highest BCUT2D eigenvalue weighted by atomic mass is 32.1. The smallest absolute Gasteiger partial charge is 0.260 e. The third kappa shape index (κ3) is 1.91. The van der Waals surface area contributed by atoms with E-state index in [1.165, 1.54) is 11.3 Å². The topological polar surface area (TPSA) is 132 Å². The van der Waals surface area contributed by atoms with Gasteiger partial charge in [-0.2, -0.15) is 5.26 Å². The molecule has 0 aromatic carbocycles. The summed E-state index contributed by atoms with van der Waals surface area (Å²) in [5.74, 6) is -0.504. The quantitative estimate of drug-likeness (QED) is 0.666. The Kier molecular flexibility index (Phi) is 3.01. The van der Waals surface area contributed by atoms with Crippen LogP contribution in [0.4, 0.5) is 11.5 Å². The third-order valence-electron chi connectivity index (χ3n) is 3.01. The zero-order valence-electron chi connectivity index (χ0n) is 10.6. The van der Waals surface area contributed by atoms with Gasteiger partial charge < -0.3 is 17.2 Å². The lowest BCUT2D eigenvalue weighted by atomic mass is 10.0. The monoisotopic (exact) mass is 315 g/mol. The van der Waals surface area contributed by atoms with E-state index in [9.17, 15) is 10.1 Å². The average Bonchev–Trinajstić information content (AvgIpc) is 3.06. The van der Waals surface area contributed by atoms with Gasteiger partial charge in [-0.1, -0.05) is 6.07 Å². The lowest BCUT2D eigenvalue weighted by Crippen LogP contribution is -2.10. The molecule has 0 aliphatic carbocycles. The summed E-state index contributed by atoms with van der Waals surface area (Å²) in [7, 11) is 0. The van der Waals surface area contributed by atoms with Crippen molar-refractivity contribution in [2.45, 2.75) is 0 Å². The van der Waals surface area contributed by atoms with Crippen LogP contribution >= 0.6 is 22.7 Å². The first-order valence-electron chi connectivity index (χ1n) is 5.79. The molecule has 3 aromatic heterocycles. The highest BCUT2D eigenvalue weighted by Crippen LogP contribution is 2.43. The molecule has 0 aliphatic heterocycles. The second-order valence-corrected chi connectivity index (χ2v) is 6.17. The SMILES string of the molecule is N#Cc1c(N)nc2sc(C(N)=O)c(N)c2c1-c1cccs1. The van der Waals surface area contributed by atoms with Crippen LogP contribution in [-0.2, 0) is 0 Å². The van der Waals surface area contributed by atoms with Crippen LogP contribution in [-0.4, -0.2) is 10.9 Å². The Morgan fingerprint density at radius 2 is 2.14 bits per heavy atom. The Hall–Kier alpha value is -2.63. The number of fused-ring (bicyclic) bond motifs is 1.